The second kappa shape index (κ2) is 7.93. The summed E-state index contributed by atoms with van der Waals surface area (Å²) in [5.41, 5.74) is 0.483. The Morgan fingerprint density at radius 3 is 2.62 bits per heavy atom. The van der Waals surface area contributed by atoms with Gasteiger partial charge in [0.05, 0.1) is 25.4 Å². The van der Waals surface area contributed by atoms with E-state index in [2.05, 4.69) is 5.32 Å². The number of carbonyl (C=O) groups is 3. The molecule has 6 nitrogen and oxygen atoms in total. The molecule has 1 amide bonds. The average molecular weight is 297 g/mol. The third-order valence-electron chi connectivity index (χ3n) is 3.36. The number of nitrogens with one attached hydrogen (secondary N) is 1. The summed E-state index contributed by atoms with van der Waals surface area (Å²) in [6.45, 7) is 5.17. The molecule has 21 heavy (non-hydrogen) atoms. The molecule has 0 heterocycles. The molecule has 1 N–H and O–H groups in total. The zero-order chi connectivity index (χ0) is 16.0. The van der Waals surface area contributed by atoms with Crippen molar-refractivity contribution in [3.05, 3.63) is 11.6 Å². The molecular formula is C15H23NO5. The largest absolute Gasteiger partial charge is 0.466 e. The summed E-state index contributed by atoms with van der Waals surface area (Å²) >= 11 is 0. The lowest BCUT2D eigenvalue weighted by molar-refractivity contribution is -0.137. The number of aldehydes is 1. The van der Waals surface area contributed by atoms with Crippen LogP contribution in [0.2, 0.25) is 0 Å². The van der Waals surface area contributed by atoms with Gasteiger partial charge in [-0.2, -0.15) is 0 Å². The van der Waals surface area contributed by atoms with Crippen molar-refractivity contribution in [3.8, 4) is 0 Å². The van der Waals surface area contributed by atoms with Crippen LogP contribution < -0.4 is 5.32 Å². The summed E-state index contributed by atoms with van der Waals surface area (Å²) in [5, 5.41) is 2.83. The highest BCUT2D eigenvalue weighted by Gasteiger charge is 2.36. The summed E-state index contributed by atoms with van der Waals surface area (Å²) in [5.74, 6) is -0.804. The van der Waals surface area contributed by atoms with Gasteiger partial charge in [0.25, 0.3) is 0 Å². The van der Waals surface area contributed by atoms with Crippen LogP contribution in [0.5, 0.6) is 0 Å². The minimum Gasteiger partial charge on any atom is -0.466 e. The number of methoxy groups -OCH3 is 1. The van der Waals surface area contributed by atoms with E-state index in [1.54, 1.807) is 6.08 Å². The minimum absolute atomic E-state index is 0.0728. The summed E-state index contributed by atoms with van der Waals surface area (Å²) < 4.78 is 10.5. The average Bonchev–Trinajstić information content (AvgIpc) is 2.40. The van der Waals surface area contributed by atoms with Crippen LogP contribution in [0.1, 0.15) is 33.6 Å². The molecule has 0 radical (unpaired) electrons. The number of hydrogen-bond acceptors (Lipinski definition) is 5. The molecule has 0 saturated carbocycles. The van der Waals surface area contributed by atoms with Crippen LogP contribution >= 0.6 is 0 Å². The Balaban J connectivity index is 3.08. The molecule has 0 fully saturated rings. The van der Waals surface area contributed by atoms with Crippen LogP contribution in [0.3, 0.4) is 0 Å². The smallest absolute Gasteiger partial charge is 0.333 e. The van der Waals surface area contributed by atoms with E-state index >= 15 is 0 Å². The lowest BCUT2D eigenvalue weighted by Gasteiger charge is -2.37. The van der Waals surface area contributed by atoms with Gasteiger partial charge in [-0.25, -0.2) is 4.79 Å². The van der Waals surface area contributed by atoms with Gasteiger partial charge < -0.3 is 19.6 Å². The first-order valence-corrected chi connectivity index (χ1v) is 7.04. The van der Waals surface area contributed by atoms with Crippen LogP contribution in [0.25, 0.3) is 0 Å². The van der Waals surface area contributed by atoms with E-state index in [0.29, 0.717) is 12.0 Å². The van der Waals surface area contributed by atoms with Gasteiger partial charge in [-0.15, -0.1) is 0 Å². The normalized spacial score (nSPS) is 25.2. The Kier molecular flexibility index (Phi) is 6.55. The molecule has 1 rings (SSSR count). The number of hydrogen-bond donors (Lipinski definition) is 1. The molecule has 0 bridgehead atoms. The number of rotatable bonds is 6. The quantitative estimate of drug-likeness (QED) is 0.584. The SMILES string of the molecule is COC(=O)C1=C[C@@H](OC(C)C)C(NC(C)=O)[C@@H](CC=O)C1. The molecule has 1 aliphatic rings. The van der Waals surface area contributed by atoms with Crippen molar-refractivity contribution in [1.29, 1.82) is 0 Å². The van der Waals surface area contributed by atoms with Gasteiger partial charge in [0.15, 0.2) is 0 Å². The zero-order valence-electron chi connectivity index (χ0n) is 12.9. The van der Waals surface area contributed by atoms with Gasteiger partial charge in [0, 0.05) is 18.9 Å². The number of amides is 1. The van der Waals surface area contributed by atoms with Crippen LogP contribution in [0.15, 0.2) is 11.6 Å². The summed E-state index contributed by atoms with van der Waals surface area (Å²) in [6, 6.07) is -0.330. The maximum Gasteiger partial charge on any atom is 0.333 e. The third-order valence-corrected chi connectivity index (χ3v) is 3.36. The van der Waals surface area contributed by atoms with E-state index in [0.717, 1.165) is 6.29 Å². The van der Waals surface area contributed by atoms with Crippen molar-refractivity contribution in [2.75, 3.05) is 7.11 Å². The van der Waals surface area contributed by atoms with Gasteiger partial charge in [-0.1, -0.05) is 0 Å². The second-order valence-electron chi connectivity index (χ2n) is 5.43. The molecule has 118 valence electrons. The summed E-state index contributed by atoms with van der Waals surface area (Å²) in [4.78, 5) is 34.0. The van der Waals surface area contributed by atoms with Crippen molar-refractivity contribution >= 4 is 18.2 Å². The van der Waals surface area contributed by atoms with Crippen molar-refractivity contribution in [2.45, 2.75) is 51.9 Å². The predicted molar refractivity (Wildman–Crippen MR) is 76.5 cm³/mol. The van der Waals surface area contributed by atoms with E-state index < -0.39 is 12.1 Å². The second-order valence-corrected chi connectivity index (χ2v) is 5.43. The monoisotopic (exact) mass is 297 g/mol. The molecule has 1 aliphatic carbocycles. The van der Waals surface area contributed by atoms with Gasteiger partial charge in [-0.3, -0.25) is 4.79 Å². The highest BCUT2D eigenvalue weighted by atomic mass is 16.5. The van der Waals surface area contributed by atoms with Crippen LogP contribution in [-0.2, 0) is 23.9 Å². The predicted octanol–water partition coefficient (Wildman–Crippen LogP) is 0.993. The first-order valence-electron chi connectivity index (χ1n) is 7.04. The molecule has 6 heteroatoms. The fourth-order valence-corrected chi connectivity index (χ4v) is 2.56. The highest BCUT2D eigenvalue weighted by molar-refractivity contribution is 5.89. The molecule has 3 atom stereocenters. The Hall–Kier alpha value is -1.69. The van der Waals surface area contributed by atoms with E-state index in [-0.39, 0.29) is 30.4 Å². The summed E-state index contributed by atoms with van der Waals surface area (Å²) in [6.07, 6.45) is 2.59. The molecule has 0 aromatic carbocycles. The molecule has 0 spiro atoms. The maximum atomic E-state index is 11.8. The van der Waals surface area contributed by atoms with E-state index in [9.17, 15) is 14.4 Å². The number of esters is 1. The maximum absolute atomic E-state index is 11.8. The lowest BCUT2D eigenvalue weighted by atomic mass is 9.80. The molecule has 0 aliphatic heterocycles. The van der Waals surface area contributed by atoms with Gasteiger partial charge >= 0.3 is 5.97 Å². The molecule has 0 aromatic rings. The van der Waals surface area contributed by atoms with Crippen molar-refractivity contribution in [3.63, 3.8) is 0 Å². The van der Waals surface area contributed by atoms with Crippen molar-refractivity contribution in [1.82, 2.24) is 5.32 Å². The fraction of sp³-hybridized carbons (Fsp3) is 0.667. The Morgan fingerprint density at radius 2 is 2.14 bits per heavy atom. The molecule has 0 aromatic heterocycles. The van der Waals surface area contributed by atoms with Crippen LogP contribution in [0.4, 0.5) is 0 Å². The first kappa shape index (κ1) is 17.4. The van der Waals surface area contributed by atoms with Crippen molar-refractivity contribution in [2.24, 2.45) is 5.92 Å². The van der Waals surface area contributed by atoms with E-state index in [1.807, 2.05) is 13.8 Å². The zero-order valence-corrected chi connectivity index (χ0v) is 12.9. The number of ether oxygens (including phenoxy) is 2. The molecular weight excluding hydrogens is 274 g/mol. The third kappa shape index (κ3) is 4.97. The Labute approximate surface area is 124 Å². The minimum atomic E-state index is -0.457. The Morgan fingerprint density at radius 1 is 1.48 bits per heavy atom. The van der Waals surface area contributed by atoms with E-state index in [4.69, 9.17) is 9.47 Å². The van der Waals surface area contributed by atoms with Crippen molar-refractivity contribution < 1.29 is 23.9 Å². The lowest BCUT2D eigenvalue weighted by Crippen LogP contribution is -2.51. The van der Waals surface area contributed by atoms with E-state index in [1.165, 1.54) is 14.0 Å². The van der Waals surface area contributed by atoms with Crippen LogP contribution in [-0.4, -0.2) is 43.5 Å². The fourth-order valence-electron chi connectivity index (χ4n) is 2.56. The van der Waals surface area contributed by atoms with Gasteiger partial charge in [0.1, 0.15) is 6.29 Å². The standard InChI is InChI=1S/C15H23NO5/c1-9(2)21-13-8-12(15(19)20-4)7-11(5-6-17)14(13)16-10(3)18/h6,8-9,11,13-14H,5,7H2,1-4H3,(H,16,18)/t11-,13+,14?/m0/s1. The highest BCUT2D eigenvalue weighted by Crippen LogP contribution is 2.30. The summed E-state index contributed by atoms with van der Waals surface area (Å²) in [7, 11) is 1.32. The first-order chi connectivity index (χ1) is 9.88. The van der Waals surface area contributed by atoms with Gasteiger partial charge in [0.2, 0.25) is 5.91 Å². The Bertz CT molecular complexity index is 430. The topological polar surface area (TPSA) is 81.7 Å². The number of carbonyl (C=O) groups excluding carboxylic acids is 3. The van der Waals surface area contributed by atoms with Gasteiger partial charge in [-0.05, 0) is 32.3 Å². The molecule has 1 unspecified atom stereocenters. The van der Waals surface area contributed by atoms with Crippen LogP contribution in [0, 0.1) is 5.92 Å². The molecule has 0 saturated heterocycles.